The molecule has 0 spiro atoms. The summed E-state index contributed by atoms with van der Waals surface area (Å²) in [6.07, 6.45) is 8.39. The summed E-state index contributed by atoms with van der Waals surface area (Å²) >= 11 is 0. The van der Waals surface area contributed by atoms with E-state index in [9.17, 15) is 4.79 Å². The minimum Gasteiger partial charge on any atom is -0.325 e. The van der Waals surface area contributed by atoms with Gasteiger partial charge in [0.1, 0.15) is 0 Å². The first-order valence-corrected chi connectivity index (χ1v) is 6.69. The predicted molar refractivity (Wildman–Crippen MR) is 72.3 cm³/mol. The molecule has 0 aromatic carbocycles. The highest BCUT2D eigenvalue weighted by Gasteiger charge is 2.21. The second-order valence-electron chi connectivity index (χ2n) is 5.03. The molecule has 0 radical (unpaired) electrons. The highest BCUT2D eigenvalue weighted by atomic mass is 16.1. The van der Waals surface area contributed by atoms with Gasteiger partial charge in [0.05, 0.1) is 6.54 Å². The number of nitrogens with zero attached hydrogens (tertiary/aromatic N) is 1. The lowest BCUT2D eigenvalue weighted by atomic mass is 9.86. The van der Waals surface area contributed by atoms with E-state index >= 15 is 0 Å². The number of rotatable bonds is 4. The molecule has 0 unspecified atom stereocenters. The molecule has 1 aliphatic carbocycles. The average molecular weight is 247 g/mol. The molecule has 4 heteroatoms. The summed E-state index contributed by atoms with van der Waals surface area (Å²) in [5.74, 6) is 0.687. The summed E-state index contributed by atoms with van der Waals surface area (Å²) in [6, 6.07) is 4.07. The fraction of sp³-hybridized carbons (Fsp3) is 0.571. The van der Waals surface area contributed by atoms with Crippen LogP contribution in [0.3, 0.4) is 0 Å². The van der Waals surface area contributed by atoms with Gasteiger partial charge < -0.3 is 10.6 Å². The quantitative estimate of drug-likeness (QED) is 0.857. The molecule has 0 saturated heterocycles. The SMILES string of the molecule is C[C@H]1CCCC[C@@H]1NCC(=O)Nc1ccncc1. The number of pyridine rings is 1. The van der Waals surface area contributed by atoms with Gasteiger partial charge in [0.2, 0.25) is 5.91 Å². The number of carbonyl (C=O) groups is 1. The summed E-state index contributed by atoms with van der Waals surface area (Å²) < 4.78 is 0. The Balaban J connectivity index is 1.74. The number of aromatic nitrogens is 1. The Morgan fingerprint density at radius 2 is 2.06 bits per heavy atom. The molecule has 1 aromatic heterocycles. The fourth-order valence-electron chi connectivity index (χ4n) is 2.48. The van der Waals surface area contributed by atoms with Crippen molar-refractivity contribution in [3.05, 3.63) is 24.5 Å². The van der Waals surface area contributed by atoms with Crippen molar-refractivity contribution in [2.75, 3.05) is 11.9 Å². The largest absolute Gasteiger partial charge is 0.325 e. The minimum atomic E-state index is 0.0129. The molecule has 98 valence electrons. The molecule has 1 aromatic rings. The number of amides is 1. The van der Waals surface area contributed by atoms with Gasteiger partial charge in [-0.1, -0.05) is 19.8 Å². The third-order valence-corrected chi connectivity index (χ3v) is 3.60. The maximum atomic E-state index is 11.8. The lowest BCUT2D eigenvalue weighted by molar-refractivity contribution is -0.115. The molecule has 1 fully saturated rings. The van der Waals surface area contributed by atoms with Crippen LogP contribution < -0.4 is 10.6 Å². The van der Waals surface area contributed by atoms with Crippen LogP contribution in [-0.2, 0) is 4.79 Å². The Hall–Kier alpha value is -1.42. The zero-order valence-corrected chi connectivity index (χ0v) is 10.9. The normalized spacial score (nSPS) is 23.6. The van der Waals surface area contributed by atoms with E-state index in [2.05, 4.69) is 22.5 Å². The van der Waals surface area contributed by atoms with Crippen molar-refractivity contribution in [2.45, 2.75) is 38.6 Å². The van der Waals surface area contributed by atoms with Gasteiger partial charge in [-0.25, -0.2) is 0 Å². The molecule has 1 aliphatic rings. The average Bonchev–Trinajstić information content (AvgIpc) is 2.39. The van der Waals surface area contributed by atoms with Crippen LogP contribution >= 0.6 is 0 Å². The van der Waals surface area contributed by atoms with Gasteiger partial charge >= 0.3 is 0 Å². The van der Waals surface area contributed by atoms with Gasteiger partial charge in [0, 0.05) is 24.1 Å². The summed E-state index contributed by atoms with van der Waals surface area (Å²) in [6.45, 7) is 2.65. The molecular formula is C14H21N3O. The van der Waals surface area contributed by atoms with Crippen molar-refractivity contribution in [1.29, 1.82) is 0 Å². The van der Waals surface area contributed by atoms with Crippen LogP contribution in [0.5, 0.6) is 0 Å². The van der Waals surface area contributed by atoms with E-state index in [1.165, 1.54) is 25.7 Å². The molecule has 4 nitrogen and oxygen atoms in total. The van der Waals surface area contributed by atoms with Crippen molar-refractivity contribution >= 4 is 11.6 Å². The van der Waals surface area contributed by atoms with Crippen LogP contribution in [-0.4, -0.2) is 23.5 Å². The maximum absolute atomic E-state index is 11.8. The predicted octanol–water partition coefficient (Wildman–Crippen LogP) is 2.19. The van der Waals surface area contributed by atoms with E-state index in [-0.39, 0.29) is 5.91 Å². The van der Waals surface area contributed by atoms with Crippen molar-refractivity contribution < 1.29 is 4.79 Å². The van der Waals surface area contributed by atoms with E-state index in [0.717, 1.165) is 5.69 Å². The van der Waals surface area contributed by atoms with E-state index in [1.54, 1.807) is 24.5 Å². The van der Waals surface area contributed by atoms with Gasteiger partial charge in [-0.15, -0.1) is 0 Å². The Morgan fingerprint density at radius 3 is 2.78 bits per heavy atom. The molecular weight excluding hydrogens is 226 g/mol. The Morgan fingerprint density at radius 1 is 1.33 bits per heavy atom. The van der Waals surface area contributed by atoms with Crippen LogP contribution in [0.25, 0.3) is 0 Å². The summed E-state index contributed by atoms with van der Waals surface area (Å²) in [4.78, 5) is 15.7. The van der Waals surface area contributed by atoms with Crippen LogP contribution in [0.1, 0.15) is 32.6 Å². The second-order valence-corrected chi connectivity index (χ2v) is 5.03. The summed E-state index contributed by atoms with van der Waals surface area (Å²) in [5.41, 5.74) is 0.800. The van der Waals surface area contributed by atoms with Crippen molar-refractivity contribution in [2.24, 2.45) is 5.92 Å². The first-order chi connectivity index (χ1) is 8.75. The monoisotopic (exact) mass is 247 g/mol. The first-order valence-electron chi connectivity index (χ1n) is 6.69. The first kappa shape index (κ1) is 13.0. The van der Waals surface area contributed by atoms with E-state index in [1.807, 2.05) is 0 Å². The van der Waals surface area contributed by atoms with Gasteiger partial charge in [-0.05, 0) is 30.9 Å². The second kappa shape index (κ2) is 6.50. The van der Waals surface area contributed by atoms with Crippen LogP contribution in [0.15, 0.2) is 24.5 Å². The molecule has 1 saturated carbocycles. The van der Waals surface area contributed by atoms with E-state index < -0.39 is 0 Å². The highest BCUT2D eigenvalue weighted by Crippen LogP contribution is 2.23. The number of anilines is 1. The molecule has 0 bridgehead atoms. The number of carbonyl (C=O) groups excluding carboxylic acids is 1. The van der Waals surface area contributed by atoms with Crippen molar-refractivity contribution in [3.8, 4) is 0 Å². The van der Waals surface area contributed by atoms with Crippen molar-refractivity contribution in [3.63, 3.8) is 0 Å². The zero-order valence-electron chi connectivity index (χ0n) is 10.9. The fourth-order valence-corrected chi connectivity index (χ4v) is 2.48. The third-order valence-electron chi connectivity index (χ3n) is 3.60. The van der Waals surface area contributed by atoms with Crippen LogP contribution in [0.4, 0.5) is 5.69 Å². The maximum Gasteiger partial charge on any atom is 0.238 e. The number of nitrogens with one attached hydrogen (secondary N) is 2. The number of hydrogen-bond acceptors (Lipinski definition) is 3. The molecule has 2 rings (SSSR count). The number of hydrogen-bond donors (Lipinski definition) is 2. The molecule has 0 aliphatic heterocycles. The lowest BCUT2D eigenvalue weighted by Gasteiger charge is -2.29. The molecule has 1 amide bonds. The highest BCUT2D eigenvalue weighted by molar-refractivity contribution is 5.92. The summed E-state index contributed by atoms with van der Waals surface area (Å²) in [5, 5.41) is 6.22. The van der Waals surface area contributed by atoms with Gasteiger partial charge in [-0.2, -0.15) is 0 Å². The Kier molecular flexibility index (Phi) is 4.70. The Bertz CT molecular complexity index is 380. The van der Waals surface area contributed by atoms with Gasteiger partial charge in [0.25, 0.3) is 0 Å². The third kappa shape index (κ3) is 3.81. The molecule has 1 heterocycles. The van der Waals surface area contributed by atoms with Crippen LogP contribution in [0, 0.1) is 5.92 Å². The standard InChI is InChI=1S/C14H21N3O/c1-11-4-2-3-5-13(11)16-10-14(18)17-12-6-8-15-9-7-12/h6-9,11,13,16H,2-5,10H2,1H3,(H,15,17,18)/t11-,13-/m0/s1. The van der Waals surface area contributed by atoms with Crippen LogP contribution in [0.2, 0.25) is 0 Å². The molecule has 18 heavy (non-hydrogen) atoms. The van der Waals surface area contributed by atoms with Crippen molar-refractivity contribution in [1.82, 2.24) is 10.3 Å². The van der Waals surface area contributed by atoms with E-state index in [0.29, 0.717) is 18.5 Å². The van der Waals surface area contributed by atoms with E-state index in [4.69, 9.17) is 0 Å². The minimum absolute atomic E-state index is 0.0129. The zero-order chi connectivity index (χ0) is 12.8. The molecule has 2 atom stereocenters. The van der Waals surface area contributed by atoms with Gasteiger partial charge in [-0.3, -0.25) is 9.78 Å². The topological polar surface area (TPSA) is 54.0 Å². The molecule has 2 N–H and O–H groups in total. The smallest absolute Gasteiger partial charge is 0.238 e. The Labute approximate surface area is 108 Å². The lowest BCUT2D eigenvalue weighted by Crippen LogP contribution is -2.41. The van der Waals surface area contributed by atoms with Gasteiger partial charge in [0.15, 0.2) is 0 Å². The summed E-state index contributed by atoms with van der Waals surface area (Å²) in [7, 11) is 0.